The van der Waals surface area contributed by atoms with Gasteiger partial charge in [-0.2, -0.15) is 0 Å². The Bertz CT molecular complexity index is 998. The number of aromatic amines is 1. The minimum Gasteiger partial charge on any atom is -0.361 e. The normalized spacial score (nSPS) is 16.9. The second-order valence-electron chi connectivity index (χ2n) is 6.85. The lowest BCUT2D eigenvalue weighted by molar-refractivity contribution is -0.128. The maximum Gasteiger partial charge on any atom is 0.229 e. The van der Waals surface area contributed by atoms with Gasteiger partial charge in [0.2, 0.25) is 11.8 Å². The van der Waals surface area contributed by atoms with E-state index in [2.05, 4.69) is 16.4 Å². The van der Waals surface area contributed by atoms with E-state index in [1.165, 1.54) is 10.9 Å². The number of aromatic nitrogens is 1. The fourth-order valence-electron chi connectivity index (χ4n) is 3.57. The van der Waals surface area contributed by atoms with Crippen LogP contribution in [0.2, 0.25) is 5.02 Å². The van der Waals surface area contributed by atoms with Crippen molar-refractivity contribution in [3.8, 4) is 0 Å². The maximum atomic E-state index is 12.5. The second kappa shape index (κ2) is 7.45. The molecule has 1 saturated heterocycles. The molecule has 1 aliphatic rings. The van der Waals surface area contributed by atoms with Gasteiger partial charge < -0.3 is 15.2 Å². The predicted molar refractivity (Wildman–Crippen MR) is 107 cm³/mol. The summed E-state index contributed by atoms with van der Waals surface area (Å²) in [7, 11) is 0. The Balaban J connectivity index is 1.36. The van der Waals surface area contributed by atoms with Crippen molar-refractivity contribution in [2.24, 2.45) is 5.92 Å². The van der Waals surface area contributed by atoms with E-state index in [-0.39, 0.29) is 24.2 Å². The van der Waals surface area contributed by atoms with Gasteiger partial charge in [-0.05, 0) is 36.2 Å². The zero-order valence-corrected chi connectivity index (χ0v) is 15.5. The summed E-state index contributed by atoms with van der Waals surface area (Å²) in [6.45, 7) is 1.06. The summed E-state index contributed by atoms with van der Waals surface area (Å²) < 4.78 is 0. The van der Waals surface area contributed by atoms with Gasteiger partial charge in [0.15, 0.2) is 0 Å². The lowest BCUT2D eigenvalue weighted by Crippen LogP contribution is -2.30. The zero-order valence-electron chi connectivity index (χ0n) is 14.7. The first-order valence-corrected chi connectivity index (χ1v) is 9.37. The van der Waals surface area contributed by atoms with Gasteiger partial charge in [0.1, 0.15) is 0 Å². The zero-order chi connectivity index (χ0) is 18.8. The van der Waals surface area contributed by atoms with Gasteiger partial charge in [0.05, 0.1) is 5.92 Å². The molecule has 5 nitrogen and oxygen atoms in total. The molecule has 138 valence electrons. The number of H-pyrrole nitrogens is 1. The number of anilines is 1. The van der Waals surface area contributed by atoms with Crippen LogP contribution in [-0.2, 0) is 16.0 Å². The van der Waals surface area contributed by atoms with E-state index in [1.807, 2.05) is 24.4 Å². The molecule has 1 aliphatic heterocycles. The monoisotopic (exact) mass is 381 g/mol. The summed E-state index contributed by atoms with van der Waals surface area (Å²) >= 11 is 5.95. The van der Waals surface area contributed by atoms with E-state index < -0.39 is 0 Å². The van der Waals surface area contributed by atoms with Gasteiger partial charge in [-0.1, -0.05) is 35.9 Å². The summed E-state index contributed by atoms with van der Waals surface area (Å²) in [6, 6.07) is 15.1. The molecule has 2 N–H and O–H groups in total. The fourth-order valence-corrected chi connectivity index (χ4v) is 3.76. The van der Waals surface area contributed by atoms with Crippen LogP contribution in [0.4, 0.5) is 5.69 Å². The number of halogens is 1. The molecule has 1 fully saturated rings. The van der Waals surface area contributed by atoms with Crippen molar-refractivity contribution in [1.29, 1.82) is 0 Å². The van der Waals surface area contributed by atoms with E-state index in [4.69, 9.17) is 11.6 Å². The van der Waals surface area contributed by atoms with Crippen molar-refractivity contribution >= 4 is 40.0 Å². The van der Waals surface area contributed by atoms with Crippen molar-refractivity contribution in [3.05, 3.63) is 65.3 Å². The molecule has 1 atom stereocenters. The van der Waals surface area contributed by atoms with Gasteiger partial charge in [-0.3, -0.25) is 9.59 Å². The van der Waals surface area contributed by atoms with Gasteiger partial charge >= 0.3 is 0 Å². The molecule has 0 radical (unpaired) electrons. The number of nitrogens with one attached hydrogen (secondary N) is 2. The fraction of sp³-hybridized carbons (Fsp3) is 0.238. The van der Waals surface area contributed by atoms with Crippen LogP contribution in [-0.4, -0.2) is 34.8 Å². The van der Waals surface area contributed by atoms with Crippen molar-refractivity contribution in [1.82, 2.24) is 9.88 Å². The van der Waals surface area contributed by atoms with Crippen molar-refractivity contribution < 1.29 is 9.59 Å². The third-order valence-corrected chi connectivity index (χ3v) is 5.24. The number of benzene rings is 2. The van der Waals surface area contributed by atoms with Gasteiger partial charge in [-0.25, -0.2) is 0 Å². The molecule has 4 rings (SSSR count). The van der Waals surface area contributed by atoms with Crippen molar-refractivity contribution in [3.63, 3.8) is 0 Å². The highest BCUT2D eigenvalue weighted by molar-refractivity contribution is 6.30. The molecule has 27 heavy (non-hydrogen) atoms. The molecule has 1 unspecified atom stereocenters. The number of likely N-dealkylation sites (tertiary alicyclic amines) is 1. The average Bonchev–Trinajstić information content (AvgIpc) is 3.23. The second-order valence-corrected chi connectivity index (χ2v) is 7.29. The molecule has 0 saturated carbocycles. The SMILES string of the molecule is O=C(Nc1cccc(Cl)c1)C1CC(=O)N(CCc2c[nH]c3ccccc23)C1. The number of hydrogen-bond acceptors (Lipinski definition) is 2. The Hall–Kier alpha value is -2.79. The van der Waals surface area contributed by atoms with E-state index in [9.17, 15) is 9.59 Å². The van der Waals surface area contributed by atoms with Crippen LogP contribution < -0.4 is 5.32 Å². The highest BCUT2D eigenvalue weighted by Crippen LogP contribution is 2.23. The van der Waals surface area contributed by atoms with Crippen LogP contribution in [0.15, 0.2) is 54.7 Å². The first-order chi connectivity index (χ1) is 13.1. The van der Waals surface area contributed by atoms with Crippen molar-refractivity contribution in [2.75, 3.05) is 18.4 Å². The highest BCUT2D eigenvalue weighted by atomic mass is 35.5. The van der Waals surface area contributed by atoms with Crippen LogP contribution in [0.25, 0.3) is 10.9 Å². The Morgan fingerprint density at radius 3 is 2.93 bits per heavy atom. The number of carbonyl (C=O) groups excluding carboxylic acids is 2. The molecule has 3 aromatic rings. The highest BCUT2D eigenvalue weighted by Gasteiger charge is 2.34. The standard InChI is InChI=1S/C21H20ClN3O2/c22-16-4-3-5-17(11-16)24-21(27)15-10-20(26)25(13-15)9-8-14-12-23-19-7-2-1-6-18(14)19/h1-7,11-12,15,23H,8-10,13H2,(H,24,27). The Morgan fingerprint density at radius 1 is 1.22 bits per heavy atom. The first kappa shape index (κ1) is 17.6. The molecule has 0 spiro atoms. The van der Waals surface area contributed by atoms with E-state index in [0.717, 1.165) is 11.9 Å². The third-order valence-electron chi connectivity index (χ3n) is 5.00. The Kier molecular flexibility index (Phi) is 4.86. The van der Waals surface area contributed by atoms with Crippen LogP contribution in [0.3, 0.4) is 0 Å². The quantitative estimate of drug-likeness (QED) is 0.705. The summed E-state index contributed by atoms with van der Waals surface area (Å²) in [5, 5.41) is 4.60. The van der Waals surface area contributed by atoms with Gasteiger partial charge in [-0.15, -0.1) is 0 Å². The lowest BCUT2D eigenvalue weighted by Gasteiger charge is -2.16. The summed E-state index contributed by atoms with van der Waals surface area (Å²) in [5.74, 6) is -0.444. The smallest absolute Gasteiger partial charge is 0.229 e. The number of hydrogen-bond donors (Lipinski definition) is 2. The predicted octanol–water partition coefficient (Wildman–Crippen LogP) is 3.85. The topological polar surface area (TPSA) is 65.2 Å². The van der Waals surface area contributed by atoms with Crippen LogP contribution in [0.1, 0.15) is 12.0 Å². The summed E-state index contributed by atoms with van der Waals surface area (Å²) in [6.07, 6.45) is 3.01. The largest absolute Gasteiger partial charge is 0.361 e. The van der Waals surface area contributed by atoms with Crippen molar-refractivity contribution in [2.45, 2.75) is 12.8 Å². The molecular weight excluding hydrogens is 362 g/mol. The molecular formula is C21H20ClN3O2. The molecule has 6 heteroatoms. The molecule has 2 aromatic carbocycles. The molecule has 2 heterocycles. The van der Waals surface area contributed by atoms with Crippen LogP contribution in [0.5, 0.6) is 0 Å². The molecule has 2 amide bonds. The van der Waals surface area contributed by atoms with E-state index in [1.54, 1.807) is 29.2 Å². The maximum absolute atomic E-state index is 12.5. The Labute approximate surface area is 162 Å². The van der Waals surface area contributed by atoms with Crippen LogP contribution in [0, 0.1) is 5.92 Å². The summed E-state index contributed by atoms with van der Waals surface area (Å²) in [4.78, 5) is 29.9. The first-order valence-electron chi connectivity index (χ1n) is 8.99. The van der Waals surface area contributed by atoms with Gasteiger partial charge in [0, 0.05) is 47.3 Å². The molecule has 0 aliphatic carbocycles. The minimum atomic E-state index is -0.334. The molecule has 0 bridgehead atoms. The van der Waals surface area contributed by atoms with E-state index in [0.29, 0.717) is 23.8 Å². The number of carbonyl (C=O) groups is 2. The van der Waals surface area contributed by atoms with Gasteiger partial charge in [0.25, 0.3) is 0 Å². The van der Waals surface area contributed by atoms with E-state index >= 15 is 0 Å². The molecule has 1 aromatic heterocycles. The number of para-hydroxylation sites is 1. The van der Waals surface area contributed by atoms with Crippen LogP contribution >= 0.6 is 11.6 Å². The number of nitrogens with zero attached hydrogens (tertiary/aromatic N) is 1. The minimum absolute atomic E-state index is 0.0288. The summed E-state index contributed by atoms with van der Waals surface area (Å²) in [5.41, 5.74) is 2.93. The lowest BCUT2D eigenvalue weighted by atomic mass is 10.1. The number of rotatable bonds is 5. The third kappa shape index (κ3) is 3.83. The average molecular weight is 382 g/mol. The number of fused-ring (bicyclic) bond motifs is 1. The number of amides is 2. The Morgan fingerprint density at radius 2 is 2.07 bits per heavy atom.